The Morgan fingerprint density at radius 1 is 0.853 bits per heavy atom. The molecule has 3 aromatic carbocycles. The van der Waals surface area contributed by atoms with Gasteiger partial charge in [0, 0.05) is 26.8 Å². The molecule has 0 saturated heterocycles. The van der Waals surface area contributed by atoms with Gasteiger partial charge in [0.15, 0.2) is 0 Å². The first kappa shape index (κ1) is 25.1. The number of alkyl halides is 2. The molecule has 1 saturated carbocycles. The van der Waals surface area contributed by atoms with E-state index in [1.165, 1.54) is 36.4 Å². The highest BCUT2D eigenvalue weighted by atomic mass is 35.5. The van der Waals surface area contributed by atoms with E-state index in [0.717, 1.165) is 0 Å². The Morgan fingerprint density at radius 3 is 2.06 bits per heavy atom. The van der Waals surface area contributed by atoms with E-state index >= 15 is 0 Å². The Hall–Kier alpha value is -2.02. The predicted molar refractivity (Wildman–Crippen MR) is 136 cm³/mol. The number of hydrogen-bond acceptors (Lipinski definition) is 2. The molecule has 0 spiro atoms. The fourth-order valence-corrected chi connectivity index (χ4v) is 5.59. The van der Waals surface area contributed by atoms with Crippen molar-refractivity contribution in [2.75, 3.05) is 10.6 Å². The average Bonchev–Trinajstić information content (AvgIpc) is 3.23. The molecular weight excluding hydrogens is 545 g/mol. The Bertz CT molecular complexity index is 1280. The Kier molecular flexibility index (Phi) is 6.80. The number of halogens is 6. The maximum absolute atomic E-state index is 13.1. The van der Waals surface area contributed by atoms with Crippen LogP contribution in [-0.2, 0) is 10.2 Å². The normalized spacial score (nSPS) is 20.5. The number of benzene rings is 3. The number of hydrogen-bond donors (Lipinski definition) is 2. The van der Waals surface area contributed by atoms with Crippen LogP contribution in [0.3, 0.4) is 0 Å². The third-order valence-corrected chi connectivity index (χ3v) is 7.84. The molecule has 176 valence electrons. The molecule has 34 heavy (non-hydrogen) atoms. The average molecular weight is 561 g/mol. The molecule has 1 aliphatic rings. The summed E-state index contributed by atoms with van der Waals surface area (Å²) in [5, 5.41) is 6.34. The number of carbonyl (C=O) groups is 2. The van der Waals surface area contributed by atoms with Crippen LogP contribution in [0.1, 0.15) is 22.8 Å². The molecule has 2 amide bonds. The van der Waals surface area contributed by atoms with E-state index in [0.29, 0.717) is 27.0 Å². The number of carbonyl (C=O) groups excluding carboxylic acids is 2. The first-order chi connectivity index (χ1) is 15.9. The molecule has 3 aromatic rings. The summed E-state index contributed by atoms with van der Waals surface area (Å²) in [7, 11) is 0. The summed E-state index contributed by atoms with van der Waals surface area (Å²) in [4.78, 5) is 25.8. The van der Waals surface area contributed by atoms with E-state index < -0.39 is 33.3 Å². The number of rotatable bonds is 5. The first-order valence-electron chi connectivity index (χ1n) is 9.95. The van der Waals surface area contributed by atoms with Crippen LogP contribution in [0.5, 0.6) is 0 Å². The van der Waals surface area contributed by atoms with Gasteiger partial charge in [-0.3, -0.25) is 9.59 Å². The minimum atomic E-state index is -1.40. The quantitative estimate of drug-likeness (QED) is 0.314. The first-order valence-corrected chi connectivity index (χ1v) is 11.8. The number of nitrogens with one attached hydrogen (secondary N) is 2. The van der Waals surface area contributed by atoms with E-state index in [1.807, 2.05) is 0 Å². The lowest BCUT2D eigenvalue weighted by atomic mass is 9.95. The predicted octanol–water partition coefficient (Wildman–Crippen LogP) is 7.74. The molecule has 4 rings (SSSR count). The van der Waals surface area contributed by atoms with Gasteiger partial charge in [-0.05, 0) is 66.2 Å². The Morgan fingerprint density at radius 2 is 1.44 bits per heavy atom. The van der Waals surface area contributed by atoms with Crippen molar-refractivity contribution in [3.8, 4) is 0 Å². The van der Waals surface area contributed by atoms with E-state index in [-0.39, 0.29) is 10.6 Å². The SMILES string of the molecule is C[C@@]1(c2cc(Cl)cc(Cl)c2)[C@@H](C(=O)Nc2ccc(Cl)c(C(=O)Nc3ccc(F)cc3)c2)C1(Cl)Cl. The second-order valence-electron chi connectivity index (χ2n) is 8.06. The fourth-order valence-electron chi connectivity index (χ4n) is 3.89. The standard InChI is InChI=1S/C24H16Cl5FN2O2/c1-23(12-8-13(25)10-14(26)9-12)20(24(23,28)29)22(34)32-17-6-7-19(27)18(11-17)21(33)31-16-4-2-15(30)3-5-16/h2-11,20H,1H3,(H,31,33)(H,32,34)/t20-,23-/m1/s1. The molecule has 1 aliphatic carbocycles. The smallest absolute Gasteiger partial charge is 0.257 e. The Balaban J connectivity index is 1.54. The molecule has 0 aliphatic heterocycles. The summed E-state index contributed by atoms with van der Waals surface area (Å²) in [6.45, 7) is 1.75. The molecule has 0 radical (unpaired) electrons. The highest BCUT2D eigenvalue weighted by Gasteiger charge is 2.77. The van der Waals surface area contributed by atoms with Crippen molar-refractivity contribution in [2.45, 2.75) is 16.7 Å². The van der Waals surface area contributed by atoms with Crippen LogP contribution in [0.25, 0.3) is 0 Å². The third kappa shape index (κ3) is 4.60. The molecule has 0 aromatic heterocycles. The van der Waals surface area contributed by atoms with E-state index in [2.05, 4.69) is 10.6 Å². The summed E-state index contributed by atoms with van der Waals surface area (Å²) < 4.78 is 11.7. The highest BCUT2D eigenvalue weighted by molar-refractivity contribution is 6.54. The molecule has 0 heterocycles. The third-order valence-electron chi connectivity index (χ3n) is 5.85. The van der Waals surface area contributed by atoms with Crippen molar-refractivity contribution in [2.24, 2.45) is 5.92 Å². The second kappa shape index (κ2) is 9.21. The topological polar surface area (TPSA) is 58.2 Å². The van der Waals surface area contributed by atoms with Gasteiger partial charge in [0.05, 0.1) is 16.5 Å². The summed E-state index contributed by atoms with van der Waals surface area (Å²) >= 11 is 31.5. The minimum Gasteiger partial charge on any atom is -0.326 e. The van der Waals surface area contributed by atoms with Gasteiger partial charge in [-0.2, -0.15) is 0 Å². The van der Waals surface area contributed by atoms with Crippen molar-refractivity contribution in [3.63, 3.8) is 0 Å². The summed E-state index contributed by atoms with van der Waals surface area (Å²) in [6.07, 6.45) is 0. The zero-order valence-electron chi connectivity index (χ0n) is 17.4. The van der Waals surface area contributed by atoms with Gasteiger partial charge in [0.25, 0.3) is 5.91 Å². The van der Waals surface area contributed by atoms with Crippen molar-refractivity contribution in [1.82, 2.24) is 0 Å². The number of amides is 2. The van der Waals surface area contributed by atoms with Gasteiger partial charge in [-0.25, -0.2) is 4.39 Å². The second-order valence-corrected chi connectivity index (χ2v) is 10.7. The van der Waals surface area contributed by atoms with Crippen LogP contribution in [0.2, 0.25) is 15.1 Å². The zero-order valence-corrected chi connectivity index (χ0v) is 21.2. The lowest BCUT2D eigenvalue weighted by molar-refractivity contribution is -0.117. The molecule has 0 bridgehead atoms. The van der Waals surface area contributed by atoms with Gasteiger partial charge >= 0.3 is 0 Å². The molecule has 1 fully saturated rings. The van der Waals surface area contributed by atoms with E-state index in [4.69, 9.17) is 58.0 Å². The summed E-state index contributed by atoms with van der Waals surface area (Å²) in [5.74, 6) is -2.22. The molecule has 2 N–H and O–H groups in total. The van der Waals surface area contributed by atoms with Gasteiger partial charge in [0.2, 0.25) is 5.91 Å². The summed E-state index contributed by atoms with van der Waals surface area (Å²) in [5.41, 5.74) is 0.517. The van der Waals surface area contributed by atoms with E-state index in [9.17, 15) is 14.0 Å². The monoisotopic (exact) mass is 558 g/mol. The number of anilines is 2. The maximum Gasteiger partial charge on any atom is 0.257 e. The largest absolute Gasteiger partial charge is 0.326 e. The van der Waals surface area contributed by atoms with Crippen LogP contribution in [0, 0.1) is 11.7 Å². The summed E-state index contributed by atoms with van der Waals surface area (Å²) in [6, 6.07) is 14.6. The van der Waals surface area contributed by atoms with Crippen LogP contribution in [0.15, 0.2) is 60.7 Å². The van der Waals surface area contributed by atoms with Gasteiger partial charge in [-0.15, -0.1) is 0 Å². The van der Waals surface area contributed by atoms with Crippen molar-refractivity contribution in [1.29, 1.82) is 0 Å². The maximum atomic E-state index is 13.1. The molecule has 10 heteroatoms. The van der Waals surface area contributed by atoms with Gasteiger partial charge in [-0.1, -0.05) is 64.9 Å². The van der Waals surface area contributed by atoms with Crippen molar-refractivity contribution >= 4 is 81.2 Å². The highest BCUT2D eigenvalue weighted by Crippen LogP contribution is 2.70. The lowest BCUT2D eigenvalue weighted by Crippen LogP contribution is -2.20. The molecule has 4 nitrogen and oxygen atoms in total. The van der Waals surface area contributed by atoms with Crippen LogP contribution in [-0.4, -0.2) is 16.1 Å². The molecular formula is C24H16Cl5FN2O2. The molecule has 0 unspecified atom stereocenters. The van der Waals surface area contributed by atoms with Gasteiger partial charge in [0.1, 0.15) is 10.2 Å². The van der Waals surface area contributed by atoms with Crippen molar-refractivity contribution < 1.29 is 14.0 Å². The zero-order chi connectivity index (χ0) is 24.8. The van der Waals surface area contributed by atoms with Gasteiger partial charge < -0.3 is 10.6 Å². The fraction of sp³-hybridized carbons (Fsp3) is 0.167. The van der Waals surface area contributed by atoms with Crippen LogP contribution < -0.4 is 10.6 Å². The van der Waals surface area contributed by atoms with Crippen molar-refractivity contribution in [3.05, 3.63) is 92.7 Å². The van der Waals surface area contributed by atoms with Crippen LogP contribution >= 0.6 is 58.0 Å². The van der Waals surface area contributed by atoms with E-state index in [1.54, 1.807) is 31.2 Å². The minimum absolute atomic E-state index is 0.118. The van der Waals surface area contributed by atoms with Crippen LogP contribution in [0.4, 0.5) is 15.8 Å². The lowest BCUT2D eigenvalue weighted by Gasteiger charge is -2.14. The molecule has 2 atom stereocenters. The Labute approximate surface area is 220 Å².